The van der Waals surface area contributed by atoms with E-state index in [0.29, 0.717) is 11.4 Å². The molecule has 5 nitrogen and oxygen atoms in total. The van der Waals surface area contributed by atoms with E-state index in [0.717, 1.165) is 12.3 Å². The summed E-state index contributed by atoms with van der Waals surface area (Å²) in [5.41, 5.74) is -0.227. The van der Waals surface area contributed by atoms with Crippen LogP contribution in [0.15, 0.2) is 30.7 Å². The average molecular weight is 296 g/mol. The maximum Gasteiger partial charge on any atom is 0.433 e. The van der Waals surface area contributed by atoms with Gasteiger partial charge in [-0.05, 0) is 18.6 Å². The number of amides is 1. The van der Waals surface area contributed by atoms with Gasteiger partial charge in [-0.25, -0.2) is 9.97 Å². The number of pyridine rings is 1. The normalized spacial score (nSPS) is 11.2. The lowest BCUT2D eigenvalue weighted by molar-refractivity contribution is -0.141. The first-order chi connectivity index (χ1) is 9.86. The first kappa shape index (κ1) is 14.9. The zero-order valence-corrected chi connectivity index (χ0v) is 11.0. The Balaban J connectivity index is 1.97. The number of halogens is 3. The van der Waals surface area contributed by atoms with Crippen molar-refractivity contribution in [2.75, 3.05) is 0 Å². The molecule has 0 aliphatic heterocycles. The van der Waals surface area contributed by atoms with Crippen molar-refractivity contribution in [2.24, 2.45) is 0 Å². The van der Waals surface area contributed by atoms with E-state index in [1.54, 1.807) is 6.92 Å². The van der Waals surface area contributed by atoms with E-state index in [4.69, 9.17) is 0 Å². The van der Waals surface area contributed by atoms with E-state index in [-0.39, 0.29) is 12.1 Å². The van der Waals surface area contributed by atoms with Crippen molar-refractivity contribution >= 4 is 5.91 Å². The molecule has 0 spiro atoms. The summed E-state index contributed by atoms with van der Waals surface area (Å²) in [5, 5.41) is 2.55. The molecule has 0 fully saturated rings. The average Bonchev–Trinajstić information content (AvgIpc) is 2.45. The Kier molecular flexibility index (Phi) is 4.15. The van der Waals surface area contributed by atoms with Crippen molar-refractivity contribution in [3.8, 4) is 0 Å². The van der Waals surface area contributed by atoms with Crippen molar-refractivity contribution in [3.05, 3.63) is 53.4 Å². The Hall–Kier alpha value is -2.51. The van der Waals surface area contributed by atoms with Gasteiger partial charge in [0, 0.05) is 25.1 Å². The van der Waals surface area contributed by atoms with Gasteiger partial charge in [0.05, 0.1) is 5.56 Å². The molecule has 0 aliphatic carbocycles. The van der Waals surface area contributed by atoms with E-state index in [2.05, 4.69) is 20.3 Å². The number of aromatic nitrogens is 3. The molecule has 0 atom stereocenters. The van der Waals surface area contributed by atoms with E-state index < -0.39 is 17.8 Å². The molecule has 2 heterocycles. The molecule has 110 valence electrons. The number of nitrogens with zero attached hydrogens (tertiary/aromatic N) is 3. The predicted octanol–water partition coefficient (Wildman–Crippen LogP) is 2.13. The SMILES string of the molecule is Cc1ncc(C(=O)NCc2ccc(C(F)(F)F)nc2)cn1. The Morgan fingerprint density at radius 1 is 1.14 bits per heavy atom. The zero-order chi connectivity index (χ0) is 15.5. The molecule has 1 amide bonds. The van der Waals surface area contributed by atoms with Crippen molar-refractivity contribution in [1.29, 1.82) is 0 Å². The largest absolute Gasteiger partial charge is 0.433 e. The van der Waals surface area contributed by atoms with Crippen molar-refractivity contribution in [1.82, 2.24) is 20.3 Å². The van der Waals surface area contributed by atoms with Gasteiger partial charge >= 0.3 is 6.18 Å². The molecule has 0 aromatic carbocycles. The standard InChI is InChI=1S/C13H11F3N4O/c1-8-17-6-10(7-18-8)12(21)20-5-9-2-3-11(19-4-9)13(14,15)16/h2-4,6-7H,5H2,1H3,(H,20,21). The molecular weight excluding hydrogens is 285 g/mol. The minimum absolute atomic E-state index is 0.0673. The molecule has 0 aliphatic rings. The highest BCUT2D eigenvalue weighted by Gasteiger charge is 2.31. The number of alkyl halides is 3. The minimum atomic E-state index is -4.47. The van der Waals surface area contributed by atoms with Crippen LogP contribution in [0.5, 0.6) is 0 Å². The third kappa shape index (κ3) is 3.98. The lowest BCUT2D eigenvalue weighted by Gasteiger charge is -2.07. The van der Waals surface area contributed by atoms with Gasteiger partial charge in [-0.3, -0.25) is 9.78 Å². The first-order valence-corrected chi connectivity index (χ1v) is 5.95. The summed E-state index contributed by atoms with van der Waals surface area (Å²) < 4.78 is 37.0. The summed E-state index contributed by atoms with van der Waals surface area (Å²) in [6.07, 6.45) is -0.638. The van der Waals surface area contributed by atoms with E-state index >= 15 is 0 Å². The van der Waals surface area contributed by atoms with Gasteiger partial charge in [-0.1, -0.05) is 6.07 Å². The Morgan fingerprint density at radius 2 is 1.81 bits per heavy atom. The summed E-state index contributed by atoms with van der Waals surface area (Å²) in [4.78, 5) is 22.8. The number of carbonyl (C=O) groups is 1. The molecular formula is C13H11F3N4O. The molecule has 2 aromatic heterocycles. The highest BCUT2D eigenvalue weighted by molar-refractivity contribution is 5.93. The van der Waals surface area contributed by atoms with E-state index in [1.165, 1.54) is 18.5 Å². The van der Waals surface area contributed by atoms with Gasteiger partial charge in [-0.15, -0.1) is 0 Å². The Labute approximate surface area is 118 Å². The molecule has 21 heavy (non-hydrogen) atoms. The van der Waals surface area contributed by atoms with Gasteiger partial charge in [0.15, 0.2) is 0 Å². The molecule has 0 saturated carbocycles. The number of rotatable bonds is 3. The van der Waals surface area contributed by atoms with Gasteiger partial charge in [0.25, 0.3) is 5.91 Å². The van der Waals surface area contributed by atoms with E-state index in [9.17, 15) is 18.0 Å². The third-order valence-electron chi connectivity index (χ3n) is 2.61. The second kappa shape index (κ2) is 5.86. The van der Waals surface area contributed by atoms with Crippen LogP contribution >= 0.6 is 0 Å². The molecule has 0 saturated heterocycles. The maximum absolute atomic E-state index is 12.3. The van der Waals surface area contributed by atoms with Gasteiger partial charge in [-0.2, -0.15) is 13.2 Å². The van der Waals surface area contributed by atoms with Crippen LogP contribution in [-0.4, -0.2) is 20.9 Å². The molecule has 0 bridgehead atoms. The van der Waals surface area contributed by atoms with Crippen LogP contribution in [0.2, 0.25) is 0 Å². The van der Waals surface area contributed by atoms with Crippen LogP contribution in [0, 0.1) is 6.92 Å². The number of hydrogen-bond acceptors (Lipinski definition) is 4. The summed E-state index contributed by atoms with van der Waals surface area (Å²) in [5.74, 6) is 0.133. The number of aryl methyl sites for hydroxylation is 1. The first-order valence-electron chi connectivity index (χ1n) is 5.95. The van der Waals surface area contributed by atoms with Crippen LogP contribution < -0.4 is 5.32 Å². The van der Waals surface area contributed by atoms with Gasteiger partial charge < -0.3 is 5.32 Å². The topological polar surface area (TPSA) is 67.8 Å². The lowest BCUT2D eigenvalue weighted by Crippen LogP contribution is -2.23. The fourth-order valence-corrected chi connectivity index (χ4v) is 1.49. The number of carbonyl (C=O) groups excluding carboxylic acids is 1. The number of nitrogens with one attached hydrogen (secondary N) is 1. The van der Waals surface area contributed by atoms with Crippen molar-refractivity contribution in [2.45, 2.75) is 19.6 Å². The van der Waals surface area contributed by atoms with Crippen LogP contribution in [0.3, 0.4) is 0 Å². The quantitative estimate of drug-likeness (QED) is 0.942. The molecule has 8 heteroatoms. The van der Waals surface area contributed by atoms with Gasteiger partial charge in [0.1, 0.15) is 11.5 Å². The summed E-state index contributed by atoms with van der Waals surface area (Å²) in [7, 11) is 0. The second-order valence-corrected chi connectivity index (χ2v) is 4.25. The lowest BCUT2D eigenvalue weighted by atomic mass is 10.2. The molecule has 1 N–H and O–H groups in total. The highest BCUT2D eigenvalue weighted by atomic mass is 19.4. The Bertz CT molecular complexity index is 623. The van der Waals surface area contributed by atoms with Crippen LogP contribution in [0.25, 0.3) is 0 Å². The van der Waals surface area contributed by atoms with Crippen LogP contribution in [0.4, 0.5) is 13.2 Å². The second-order valence-electron chi connectivity index (χ2n) is 4.25. The fourth-order valence-electron chi connectivity index (χ4n) is 1.49. The van der Waals surface area contributed by atoms with Crippen molar-refractivity contribution < 1.29 is 18.0 Å². The zero-order valence-electron chi connectivity index (χ0n) is 11.0. The number of hydrogen-bond donors (Lipinski definition) is 1. The minimum Gasteiger partial charge on any atom is -0.348 e. The molecule has 2 aromatic rings. The molecule has 0 unspecified atom stereocenters. The fraction of sp³-hybridized carbons (Fsp3) is 0.231. The van der Waals surface area contributed by atoms with Crippen LogP contribution in [0.1, 0.15) is 27.4 Å². The smallest absolute Gasteiger partial charge is 0.348 e. The van der Waals surface area contributed by atoms with Gasteiger partial charge in [0.2, 0.25) is 0 Å². The Morgan fingerprint density at radius 3 is 2.33 bits per heavy atom. The summed E-state index contributed by atoms with van der Waals surface area (Å²) in [6.45, 7) is 1.76. The molecule has 2 rings (SSSR count). The van der Waals surface area contributed by atoms with Crippen molar-refractivity contribution in [3.63, 3.8) is 0 Å². The molecule has 0 radical (unpaired) electrons. The maximum atomic E-state index is 12.3. The third-order valence-corrected chi connectivity index (χ3v) is 2.61. The predicted molar refractivity (Wildman–Crippen MR) is 67.2 cm³/mol. The summed E-state index contributed by atoms with van der Waals surface area (Å²) in [6, 6.07) is 2.14. The summed E-state index contributed by atoms with van der Waals surface area (Å²) >= 11 is 0. The van der Waals surface area contributed by atoms with E-state index in [1.807, 2.05) is 0 Å². The van der Waals surface area contributed by atoms with Crippen LogP contribution in [-0.2, 0) is 12.7 Å². The monoisotopic (exact) mass is 296 g/mol. The highest BCUT2D eigenvalue weighted by Crippen LogP contribution is 2.27.